The number of para-hydroxylation sites is 1. The third kappa shape index (κ3) is 3.66. The van der Waals surface area contributed by atoms with Crippen LogP contribution in [0.3, 0.4) is 0 Å². The molecule has 2 aromatic carbocycles. The number of carbonyl (C=O) groups is 2. The molecule has 0 spiro atoms. The molecular weight excluding hydrogens is 482 g/mol. The Labute approximate surface area is 221 Å². The molecule has 1 fully saturated rings. The summed E-state index contributed by atoms with van der Waals surface area (Å²) in [6.07, 6.45) is 2.47. The zero-order valence-corrected chi connectivity index (χ0v) is 21.8. The lowest BCUT2D eigenvalue weighted by Crippen LogP contribution is -2.67. The van der Waals surface area contributed by atoms with Crippen molar-refractivity contribution in [1.82, 2.24) is 14.8 Å². The molecule has 2 amide bonds. The fourth-order valence-electron chi connectivity index (χ4n) is 5.93. The van der Waals surface area contributed by atoms with E-state index in [1.807, 2.05) is 49.4 Å². The number of rotatable bonds is 7. The Morgan fingerprint density at radius 2 is 1.95 bits per heavy atom. The summed E-state index contributed by atoms with van der Waals surface area (Å²) in [6.45, 7) is 5.14. The highest BCUT2D eigenvalue weighted by molar-refractivity contribution is 6.01. The molecule has 0 radical (unpaired) electrons. The Bertz CT molecular complexity index is 1510. The lowest BCUT2D eigenvalue weighted by molar-refractivity contribution is -0.167. The number of hydrogen-bond acceptors (Lipinski definition) is 5. The monoisotopic (exact) mass is 513 g/mol. The molecule has 2 aliphatic rings. The highest BCUT2D eigenvalue weighted by Crippen LogP contribution is 2.49. The zero-order valence-electron chi connectivity index (χ0n) is 21.8. The maximum absolute atomic E-state index is 14.1. The number of carbonyl (C=O) groups excluding carboxylic acids is 2. The number of nitrogens with one attached hydrogen (secondary N) is 1. The van der Waals surface area contributed by atoms with Gasteiger partial charge in [0.1, 0.15) is 12.3 Å². The van der Waals surface area contributed by atoms with E-state index in [-0.39, 0.29) is 30.8 Å². The smallest absolute Gasteiger partial charge is 0.255 e. The lowest BCUT2D eigenvalue weighted by atomic mass is 9.76. The summed E-state index contributed by atoms with van der Waals surface area (Å²) in [5.41, 5.74) is 2.55. The molecule has 2 aliphatic heterocycles. The van der Waals surface area contributed by atoms with Crippen molar-refractivity contribution >= 4 is 22.7 Å². The summed E-state index contributed by atoms with van der Waals surface area (Å²) in [5.74, 6) is 1.61. The van der Waals surface area contributed by atoms with E-state index in [1.165, 1.54) is 0 Å². The van der Waals surface area contributed by atoms with Crippen LogP contribution < -0.4 is 9.47 Å². The highest BCUT2D eigenvalue weighted by Gasteiger charge is 2.56. The highest BCUT2D eigenvalue weighted by atomic mass is 16.5. The van der Waals surface area contributed by atoms with Crippen molar-refractivity contribution in [3.63, 3.8) is 0 Å². The van der Waals surface area contributed by atoms with Crippen molar-refractivity contribution in [2.75, 3.05) is 26.8 Å². The first kappa shape index (κ1) is 24.2. The van der Waals surface area contributed by atoms with Crippen LogP contribution in [0.15, 0.2) is 65.3 Å². The summed E-state index contributed by atoms with van der Waals surface area (Å²) < 4.78 is 17.0. The maximum atomic E-state index is 14.1. The second-order valence-corrected chi connectivity index (χ2v) is 10.1. The Morgan fingerprint density at radius 1 is 1.11 bits per heavy atom. The molecule has 0 saturated carbocycles. The Kier molecular flexibility index (Phi) is 5.90. The predicted molar refractivity (Wildman–Crippen MR) is 142 cm³/mol. The van der Waals surface area contributed by atoms with E-state index >= 15 is 0 Å². The number of fused-ring (bicyclic) bond motifs is 5. The van der Waals surface area contributed by atoms with Gasteiger partial charge in [-0.2, -0.15) is 0 Å². The van der Waals surface area contributed by atoms with Crippen molar-refractivity contribution in [2.24, 2.45) is 0 Å². The van der Waals surface area contributed by atoms with Gasteiger partial charge in [0.05, 0.1) is 32.2 Å². The summed E-state index contributed by atoms with van der Waals surface area (Å²) in [5, 5.41) is 1.04. The van der Waals surface area contributed by atoms with Gasteiger partial charge in [-0.3, -0.25) is 9.59 Å². The summed E-state index contributed by atoms with van der Waals surface area (Å²) in [7, 11) is 1.63. The zero-order chi connectivity index (χ0) is 26.4. The van der Waals surface area contributed by atoms with Gasteiger partial charge in [0, 0.05) is 23.4 Å². The number of benzene rings is 2. The number of methoxy groups -OCH3 is 1. The second kappa shape index (κ2) is 9.28. The van der Waals surface area contributed by atoms with Crippen molar-refractivity contribution < 1.29 is 23.5 Å². The van der Waals surface area contributed by atoms with Gasteiger partial charge in [-0.15, -0.1) is 0 Å². The number of hydrogen-bond donors (Lipinski definition) is 1. The SMILES string of the molecule is CCCOc1ccc(C2CN3C(=O)CN(Cc4ccco4)C(=O)[C@]3(C)c3[nH]c4ccccc4c32)cc1OC. The number of aromatic amines is 1. The number of ether oxygens (including phenoxy) is 2. The predicted octanol–water partition coefficient (Wildman–Crippen LogP) is 4.79. The number of amides is 2. The molecule has 8 nitrogen and oxygen atoms in total. The molecule has 38 heavy (non-hydrogen) atoms. The number of furan rings is 1. The van der Waals surface area contributed by atoms with Crippen molar-refractivity contribution in [3.05, 3.63) is 83.4 Å². The number of H-pyrrole nitrogens is 1. The first-order valence-electron chi connectivity index (χ1n) is 13.0. The van der Waals surface area contributed by atoms with E-state index < -0.39 is 5.54 Å². The molecule has 4 heterocycles. The normalized spacial score (nSPS) is 21.0. The Balaban J connectivity index is 1.48. The fraction of sp³-hybridized carbons (Fsp3) is 0.333. The molecule has 196 valence electrons. The molecule has 4 aromatic rings. The second-order valence-electron chi connectivity index (χ2n) is 10.1. The van der Waals surface area contributed by atoms with Crippen molar-refractivity contribution in [3.8, 4) is 11.5 Å². The van der Waals surface area contributed by atoms with Crippen LogP contribution in [0.5, 0.6) is 11.5 Å². The molecule has 8 heteroatoms. The van der Waals surface area contributed by atoms with Gasteiger partial charge in [-0.1, -0.05) is 31.2 Å². The first-order valence-corrected chi connectivity index (χ1v) is 13.0. The minimum absolute atomic E-state index is 0.00449. The molecular formula is C30H31N3O5. The quantitative estimate of drug-likeness (QED) is 0.384. The largest absolute Gasteiger partial charge is 0.493 e. The van der Waals surface area contributed by atoms with Gasteiger partial charge in [0.25, 0.3) is 5.91 Å². The minimum Gasteiger partial charge on any atom is -0.493 e. The van der Waals surface area contributed by atoms with Crippen LogP contribution >= 0.6 is 0 Å². The molecule has 0 aliphatic carbocycles. The third-order valence-corrected chi connectivity index (χ3v) is 7.80. The van der Waals surface area contributed by atoms with E-state index in [2.05, 4.69) is 18.0 Å². The lowest BCUT2D eigenvalue weighted by Gasteiger charge is -2.51. The summed E-state index contributed by atoms with van der Waals surface area (Å²) in [6, 6.07) is 17.6. The van der Waals surface area contributed by atoms with E-state index in [0.29, 0.717) is 30.4 Å². The molecule has 2 aromatic heterocycles. The van der Waals surface area contributed by atoms with E-state index in [0.717, 1.165) is 34.1 Å². The third-order valence-electron chi connectivity index (χ3n) is 7.80. The molecule has 1 unspecified atom stereocenters. The van der Waals surface area contributed by atoms with Gasteiger partial charge >= 0.3 is 0 Å². The van der Waals surface area contributed by atoms with E-state index in [4.69, 9.17) is 13.9 Å². The van der Waals surface area contributed by atoms with Crippen LogP contribution in [0.25, 0.3) is 10.9 Å². The van der Waals surface area contributed by atoms with Gasteiger partial charge in [-0.25, -0.2) is 0 Å². The maximum Gasteiger partial charge on any atom is 0.255 e. The van der Waals surface area contributed by atoms with Crippen molar-refractivity contribution in [1.29, 1.82) is 0 Å². The number of nitrogens with zero attached hydrogens (tertiary/aromatic N) is 2. The van der Waals surface area contributed by atoms with Gasteiger partial charge < -0.3 is 28.7 Å². The Morgan fingerprint density at radius 3 is 2.71 bits per heavy atom. The molecule has 2 atom stereocenters. The van der Waals surface area contributed by atoms with Crippen LogP contribution in [-0.4, -0.2) is 53.4 Å². The van der Waals surface area contributed by atoms with Crippen LogP contribution in [0.2, 0.25) is 0 Å². The topological polar surface area (TPSA) is 88.0 Å². The van der Waals surface area contributed by atoms with Crippen LogP contribution in [0.1, 0.15) is 48.8 Å². The minimum atomic E-state index is -1.17. The first-order chi connectivity index (χ1) is 18.5. The fourth-order valence-corrected chi connectivity index (χ4v) is 5.93. The average molecular weight is 514 g/mol. The van der Waals surface area contributed by atoms with Crippen LogP contribution in [-0.2, 0) is 21.7 Å². The van der Waals surface area contributed by atoms with Gasteiger partial charge in [0.2, 0.25) is 5.91 Å². The summed E-state index contributed by atoms with van der Waals surface area (Å²) in [4.78, 5) is 34.6. The molecule has 1 saturated heterocycles. The average Bonchev–Trinajstić information content (AvgIpc) is 3.59. The molecule has 6 rings (SSSR count). The van der Waals surface area contributed by atoms with Crippen LogP contribution in [0.4, 0.5) is 0 Å². The summed E-state index contributed by atoms with van der Waals surface area (Å²) >= 11 is 0. The van der Waals surface area contributed by atoms with Gasteiger partial charge in [-0.05, 0) is 54.8 Å². The molecule has 1 N–H and O–H groups in total. The van der Waals surface area contributed by atoms with E-state index in [9.17, 15) is 9.59 Å². The van der Waals surface area contributed by atoms with Crippen molar-refractivity contribution in [2.45, 2.75) is 38.3 Å². The van der Waals surface area contributed by atoms with Gasteiger partial charge in [0.15, 0.2) is 17.0 Å². The van der Waals surface area contributed by atoms with E-state index in [1.54, 1.807) is 29.2 Å². The Hall–Kier alpha value is -4.20. The molecule has 0 bridgehead atoms. The van der Waals surface area contributed by atoms with Crippen LogP contribution in [0, 0.1) is 0 Å². The standard InChI is InChI=1S/C30H31N3O5/c1-4-13-38-24-12-11-19(15-25(24)36-3)22-17-33-26(34)18-32(16-20-8-7-14-37-20)29(35)30(33,2)28-27(22)21-9-5-6-10-23(21)31-28/h5-12,14-15,22,31H,4,13,16-18H2,1-3H3/t22?,30-/m0/s1. The number of aromatic nitrogens is 1. The number of piperazine rings is 1.